The largest absolute Gasteiger partial charge is 0.507 e. The van der Waals surface area contributed by atoms with Crippen LogP contribution < -0.4 is 10.0 Å². The predicted molar refractivity (Wildman–Crippen MR) is 143 cm³/mol. The maximum Gasteiger partial charge on any atom is 0.413 e. The van der Waals surface area contributed by atoms with Gasteiger partial charge in [-0.3, -0.25) is 18.9 Å². The second-order valence-corrected chi connectivity index (χ2v) is 12.3. The van der Waals surface area contributed by atoms with Gasteiger partial charge in [0.05, 0.1) is 18.5 Å². The quantitative estimate of drug-likeness (QED) is 0.353. The monoisotopic (exact) mass is 606 g/mol. The van der Waals surface area contributed by atoms with Gasteiger partial charge in [0.1, 0.15) is 36.0 Å². The molecule has 17 heteroatoms. The summed E-state index contributed by atoms with van der Waals surface area (Å²) < 4.78 is 57.0. The smallest absolute Gasteiger partial charge is 0.413 e. The summed E-state index contributed by atoms with van der Waals surface area (Å²) in [7, 11) is -4.61. The second-order valence-electron chi connectivity index (χ2n) is 11.0. The fourth-order valence-corrected chi connectivity index (χ4v) is 5.28. The summed E-state index contributed by atoms with van der Waals surface area (Å²) in [5, 5.41) is 12.4. The number of carbonyl (C=O) groups excluding carboxylic acids is 2. The van der Waals surface area contributed by atoms with Crippen LogP contribution in [0.25, 0.3) is 11.2 Å². The van der Waals surface area contributed by atoms with E-state index in [0.29, 0.717) is 0 Å². The van der Waals surface area contributed by atoms with Crippen LogP contribution in [0.4, 0.5) is 10.6 Å². The molecule has 3 N–H and O–H groups in total. The third-order valence-electron chi connectivity index (χ3n) is 6.13. The molecule has 1 aromatic carbocycles. The van der Waals surface area contributed by atoms with Crippen molar-refractivity contribution in [1.82, 2.24) is 24.2 Å². The van der Waals surface area contributed by atoms with E-state index >= 15 is 0 Å². The van der Waals surface area contributed by atoms with E-state index in [0.717, 1.165) is 0 Å². The molecule has 2 saturated heterocycles. The molecule has 0 saturated carbocycles. The first-order valence-electron chi connectivity index (χ1n) is 12.8. The van der Waals surface area contributed by atoms with Crippen LogP contribution in [-0.2, 0) is 33.4 Å². The summed E-state index contributed by atoms with van der Waals surface area (Å²) in [4.78, 5) is 37.4. The van der Waals surface area contributed by atoms with Gasteiger partial charge in [0.25, 0.3) is 5.91 Å². The number of aromatic nitrogens is 4. The first-order chi connectivity index (χ1) is 19.6. The number of anilines is 1. The molecule has 2 aliphatic heterocycles. The van der Waals surface area contributed by atoms with Crippen LogP contribution in [0.15, 0.2) is 36.9 Å². The van der Waals surface area contributed by atoms with E-state index in [-0.39, 0.29) is 22.5 Å². The van der Waals surface area contributed by atoms with Crippen molar-refractivity contribution in [1.29, 1.82) is 0 Å². The number of hydrogen-bond acceptors (Lipinski definition) is 13. The standard InChI is InChI=1S/C25H30N6O10S/c1-24(2,3)41-23(34)29-19-16-20(27-11-26-19)31(12-28-16)22-18-17(39-25(4,5)40-18)15(38-22)10-37-42(35,36)30-21(33)13-8-6-7-9-14(13)32/h6-9,11-12,15,17-18,22,32H,10H2,1-5H3,(H,30,33)(H,26,27,29,34)/t15-,17-,18-,22-/m1/s1. The lowest BCUT2D eigenvalue weighted by molar-refractivity contribution is -0.198. The number of carbonyl (C=O) groups is 2. The summed E-state index contributed by atoms with van der Waals surface area (Å²) in [5.41, 5.74) is -0.440. The Morgan fingerprint density at radius 2 is 1.83 bits per heavy atom. The number of benzene rings is 1. The molecule has 16 nitrogen and oxygen atoms in total. The summed E-state index contributed by atoms with van der Waals surface area (Å²) in [6.45, 7) is 8.03. The molecule has 5 rings (SSSR count). The minimum absolute atomic E-state index is 0.109. The fourth-order valence-electron chi connectivity index (χ4n) is 4.57. The minimum atomic E-state index is -4.61. The Morgan fingerprint density at radius 3 is 2.55 bits per heavy atom. The topological polar surface area (TPSA) is 202 Å². The van der Waals surface area contributed by atoms with Crippen LogP contribution in [0.2, 0.25) is 0 Å². The summed E-state index contributed by atoms with van der Waals surface area (Å²) in [5.74, 6) is -2.40. The fraction of sp³-hybridized carbons (Fsp3) is 0.480. The van der Waals surface area contributed by atoms with Gasteiger partial charge in [-0.15, -0.1) is 0 Å². The second kappa shape index (κ2) is 10.7. The Bertz CT molecular complexity index is 1620. The van der Waals surface area contributed by atoms with Gasteiger partial charge < -0.3 is 24.1 Å². The zero-order valence-corrected chi connectivity index (χ0v) is 24.1. The lowest BCUT2D eigenvalue weighted by atomic mass is 10.1. The predicted octanol–water partition coefficient (Wildman–Crippen LogP) is 1.99. The van der Waals surface area contributed by atoms with Crippen LogP contribution >= 0.6 is 0 Å². The molecule has 2 aliphatic rings. The summed E-state index contributed by atoms with van der Waals surface area (Å²) >= 11 is 0. The lowest BCUT2D eigenvalue weighted by Gasteiger charge is -2.24. The zero-order chi connectivity index (χ0) is 30.4. The Morgan fingerprint density at radius 1 is 1.12 bits per heavy atom. The van der Waals surface area contributed by atoms with Gasteiger partial charge in [0.2, 0.25) is 0 Å². The molecule has 2 aromatic heterocycles. The highest BCUT2D eigenvalue weighted by atomic mass is 32.2. The van der Waals surface area contributed by atoms with Crippen molar-refractivity contribution < 1.29 is 46.2 Å². The highest BCUT2D eigenvalue weighted by Gasteiger charge is 2.56. The molecule has 3 aromatic rings. The molecule has 226 valence electrons. The Labute approximate surface area is 240 Å². The van der Waals surface area contributed by atoms with E-state index in [9.17, 15) is 23.1 Å². The lowest BCUT2D eigenvalue weighted by Crippen LogP contribution is -2.37. The van der Waals surface area contributed by atoms with E-state index in [4.69, 9.17) is 23.1 Å². The van der Waals surface area contributed by atoms with Crippen LogP contribution in [0.1, 0.15) is 51.2 Å². The maximum atomic E-state index is 12.6. The molecular weight excluding hydrogens is 576 g/mol. The van der Waals surface area contributed by atoms with Crippen molar-refractivity contribution >= 4 is 39.3 Å². The average Bonchev–Trinajstić information content (AvgIpc) is 3.53. The molecule has 42 heavy (non-hydrogen) atoms. The molecule has 0 radical (unpaired) electrons. The van der Waals surface area contributed by atoms with Gasteiger partial charge in [-0.25, -0.2) is 24.5 Å². The van der Waals surface area contributed by atoms with E-state index in [2.05, 4.69) is 20.3 Å². The molecule has 2 fully saturated rings. The summed E-state index contributed by atoms with van der Waals surface area (Å²) in [6.07, 6.45) is -1.43. The maximum absolute atomic E-state index is 12.6. The normalized spacial score (nSPS) is 23.5. The molecule has 4 atom stereocenters. The van der Waals surface area contributed by atoms with E-state index in [1.165, 1.54) is 36.9 Å². The molecule has 2 amide bonds. The Hall–Kier alpha value is -3.90. The minimum Gasteiger partial charge on any atom is -0.507 e. The molecule has 0 unspecified atom stereocenters. The molecule has 0 aliphatic carbocycles. The third kappa shape index (κ3) is 6.29. The Balaban J connectivity index is 1.34. The Kier molecular flexibility index (Phi) is 7.56. The number of imidazole rings is 1. The van der Waals surface area contributed by atoms with Crippen LogP contribution in [0, 0.1) is 0 Å². The van der Waals surface area contributed by atoms with Crippen LogP contribution in [-0.4, -0.2) is 81.4 Å². The first kappa shape index (κ1) is 29.6. The number of hydrogen-bond donors (Lipinski definition) is 3. The number of nitrogens with zero attached hydrogens (tertiary/aromatic N) is 4. The number of fused-ring (bicyclic) bond motifs is 2. The molecule has 0 bridgehead atoms. The van der Waals surface area contributed by atoms with Gasteiger partial charge in [-0.2, -0.15) is 8.42 Å². The first-order valence-corrected chi connectivity index (χ1v) is 14.2. The number of aromatic hydroxyl groups is 1. The SMILES string of the molecule is CC(C)(C)OC(=O)Nc1ncnc2c1ncn2[C@@H]1O[C@H](COS(=O)(=O)NC(=O)c2ccccc2O)[C@H]2OC(C)(C)O[C@H]21. The van der Waals surface area contributed by atoms with Gasteiger partial charge in [0.15, 0.2) is 29.0 Å². The van der Waals surface area contributed by atoms with Gasteiger partial charge in [-0.05, 0) is 46.8 Å². The van der Waals surface area contributed by atoms with E-state index in [1.807, 2.05) is 0 Å². The van der Waals surface area contributed by atoms with Crippen molar-refractivity contribution in [3.63, 3.8) is 0 Å². The number of phenols is 1. The van der Waals surface area contributed by atoms with Crippen molar-refractivity contribution in [3.05, 3.63) is 42.5 Å². The number of amides is 2. The van der Waals surface area contributed by atoms with Gasteiger partial charge in [0, 0.05) is 0 Å². The zero-order valence-electron chi connectivity index (χ0n) is 23.3. The van der Waals surface area contributed by atoms with E-state index < -0.39 is 70.6 Å². The highest BCUT2D eigenvalue weighted by molar-refractivity contribution is 7.85. The number of nitrogens with one attached hydrogen (secondary N) is 2. The van der Waals surface area contributed by atoms with Crippen molar-refractivity contribution in [2.45, 2.75) is 70.5 Å². The number of para-hydroxylation sites is 1. The van der Waals surface area contributed by atoms with Crippen LogP contribution in [0.5, 0.6) is 5.75 Å². The number of phenolic OH excluding ortho intramolecular Hbond substituents is 1. The number of ether oxygens (including phenoxy) is 4. The van der Waals surface area contributed by atoms with Crippen LogP contribution in [0.3, 0.4) is 0 Å². The highest BCUT2D eigenvalue weighted by Crippen LogP contribution is 2.44. The third-order valence-corrected chi connectivity index (χ3v) is 7.01. The van der Waals surface area contributed by atoms with Gasteiger partial charge in [-0.1, -0.05) is 12.1 Å². The molecule has 4 heterocycles. The molecule has 0 spiro atoms. The average molecular weight is 607 g/mol. The van der Waals surface area contributed by atoms with E-state index in [1.54, 1.807) is 43.9 Å². The van der Waals surface area contributed by atoms with Crippen molar-refractivity contribution in [2.24, 2.45) is 0 Å². The van der Waals surface area contributed by atoms with Crippen molar-refractivity contribution in [2.75, 3.05) is 11.9 Å². The van der Waals surface area contributed by atoms with Gasteiger partial charge >= 0.3 is 16.4 Å². The summed E-state index contributed by atoms with van der Waals surface area (Å²) in [6, 6.07) is 5.46. The van der Waals surface area contributed by atoms with Crippen molar-refractivity contribution in [3.8, 4) is 5.75 Å². The number of rotatable bonds is 7. The molecular formula is C25H30N6O10S.